The molecule has 2 N–H and O–H groups in total. The van der Waals surface area contributed by atoms with Gasteiger partial charge in [0, 0.05) is 12.4 Å². The van der Waals surface area contributed by atoms with Gasteiger partial charge in [0.15, 0.2) is 0 Å². The summed E-state index contributed by atoms with van der Waals surface area (Å²) in [6, 6.07) is 7.89. The van der Waals surface area contributed by atoms with E-state index >= 15 is 0 Å². The summed E-state index contributed by atoms with van der Waals surface area (Å²) >= 11 is 0. The summed E-state index contributed by atoms with van der Waals surface area (Å²) in [4.78, 5) is 8.07. The number of pyridine rings is 1. The van der Waals surface area contributed by atoms with Gasteiger partial charge in [-0.2, -0.15) is 4.98 Å². The van der Waals surface area contributed by atoms with E-state index in [0.717, 1.165) is 0 Å². The molecule has 0 aliphatic heterocycles. The molecule has 94 valence electrons. The largest absolute Gasteiger partial charge is 0.397 e. The van der Waals surface area contributed by atoms with Crippen molar-refractivity contribution in [3.05, 3.63) is 48.5 Å². The number of anilines is 1. The number of nitrogen functional groups attached to an aromatic ring is 1. The molecule has 5 nitrogen and oxygen atoms in total. The number of nitrogens with two attached hydrogens (primary N) is 1. The first-order valence-corrected chi connectivity index (χ1v) is 5.53. The molecule has 2 heterocycles. The zero-order valence-electron chi connectivity index (χ0n) is 9.75. The number of nitrogens with zero attached hydrogens (tertiary/aromatic N) is 3. The van der Waals surface area contributed by atoms with Gasteiger partial charge in [0.1, 0.15) is 5.82 Å². The second kappa shape index (κ2) is 4.49. The lowest BCUT2D eigenvalue weighted by molar-refractivity contribution is 0.431. The van der Waals surface area contributed by atoms with Crippen LogP contribution in [0.1, 0.15) is 0 Å². The zero-order chi connectivity index (χ0) is 13.2. The van der Waals surface area contributed by atoms with Crippen molar-refractivity contribution >= 4 is 5.69 Å². The maximum Gasteiger partial charge on any atom is 0.259 e. The van der Waals surface area contributed by atoms with E-state index in [1.54, 1.807) is 30.5 Å². The van der Waals surface area contributed by atoms with E-state index in [2.05, 4.69) is 15.1 Å². The van der Waals surface area contributed by atoms with Crippen molar-refractivity contribution in [1.82, 2.24) is 15.1 Å². The number of benzene rings is 1. The Hall–Kier alpha value is -2.76. The smallest absolute Gasteiger partial charge is 0.259 e. The van der Waals surface area contributed by atoms with E-state index in [0.29, 0.717) is 11.3 Å². The van der Waals surface area contributed by atoms with Crippen molar-refractivity contribution in [2.45, 2.75) is 0 Å². The molecule has 0 saturated carbocycles. The Labute approximate surface area is 107 Å². The number of rotatable bonds is 2. The molecule has 3 rings (SSSR count). The summed E-state index contributed by atoms with van der Waals surface area (Å²) in [6.07, 6.45) is 3.06. The van der Waals surface area contributed by atoms with Gasteiger partial charge in [-0.25, -0.2) is 4.39 Å². The van der Waals surface area contributed by atoms with E-state index in [1.807, 2.05) is 0 Å². The Morgan fingerprint density at radius 3 is 2.79 bits per heavy atom. The first-order chi connectivity index (χ1) is 9.24. The predicted octanol–water partition coefficient (Wildman–Crippen LogP) is 2.52. The molecule has 0 atom stereocenters. The second-order valence-electron chi connectivity index (χ2n) is 3.91. The highest BCUT2D eigenvalue weighted by Crippen LogP contribution is 2.24. The average Bonchev–Trinajstić information content (AvgIpc) is 2.89. The summed E-state index contributed by atoms with van der Waals surface area (Å²) in [7, 11) is 0. The van der Waals surface area contributed by atoms with Crippen LogP contribution in [0.4, 0.5) is 10.1 Å². The maximum atomic E-state index is 13.6. The molecule has 0 radical (unpaired) electrons. The monoisotopic (exact) mass is 256 g/mol. The molecule has 3 aromatic rings. The summed E-state index contributed by atoms with van der Waals surface area (Å²) < 4.78 is 18.7. The number of hydrogen-bond acceptors (Lipinski definition) is 5. The van der Waals surface area contributed by atoms with Crippen molar-refractivity contribution in [2.75, 3.05) is 5.73 Å². The van der Waals surface area contributed by atoms with E-state index in [1.165, 1.54) is 12.3 Å². The van der Waals surface area contributed by atoms with Crippen LogP contribution < -0.4 is 5.73 Å². The van der Waals surface area contributed by atoms with Gasteiger partial charge in [0.2, 0.25) is 5.82 Å². The number of halogens is 1. The zero-order valence-corrected chi connectivity index (χ0v) is 9.75. The lowest BCUT2D eigenvalue weighted by Crippen LogP contribution is -1.88. The molecule has 2 aromatic heterocycles. The van der Waals surface area contributed by atoms with Crippen LogP contribution in [0, 0.1) is 5.82 Å². The molecule has 0 amide bonds. The first kappa shape index (κ1) is 11.3. The minimum absolute atomic E-state index is 0.190. The topological polar surface area (TPSA) is 77.8 Å². The highest BCUT2D eigenvalue weighted by Gasteiger charge is 2.13. The van der Waals surface area contributed by atoms with Crippen LogP contribution >= 0.6 is 0 Å². The van der Waals surface area contributed by atoms with Crippen LogP contribution in [0.5, 0.6) is 0 Å². The van der Waals surface area contributed by atoms with Crippen molar-refractivity contribution in [1.29, 1.82) is 0 Å². The minimum atomic E-state index is -0.402. The second-order valence-corrected chi connectivity index (χ2v) is 3.91. The third kappa shape index (κ3) is 2.15. The molecule has 0 spiro atoms. The van der Waals surface area contributed by atoms with Gasteiger partial charge in [0.05, 0.1) is 16.8 Å². The summed E-state index contributed by atoms with van der Waals surface area (Å²) in [5.41, 5.74) is 6.99. The van der Waals surface area contributed by atoms with E-state index in [4.69, 9.17) is 10.3 Å². The Morgan fingerprint density at radius 2 is 2.00 bits per heavy atom. The fourth-order valence-electron chi connectivity index (χ4n) is 1.67. The molecule has 0 aliphatic rings. The first-order valence-electron chi connectivity index (χ1n) is 5.53. The highest BCUT2D eigenvalue weighted by molar-refractivity contribution is 5.61. The predicted molar refractivity (Wildman–Crippen MR) is 67.3 cm³/mol. The molecular formula is C13H9FN4O. The van der Waals surface area contributed by atoms with Crippen LogP contribution in [-0.4, -0.2) is 15.1 Å². The Kier molecular flexibility index (Phi) is 2.68. The molecule has 0 saturated heterocycles. The summed E-state index contributed by atoms with van der Waals surface area (Å²) in [5, 5.41) is 3.76. The fraction of sp³-hybridized carbons (Fsp3) is 0. The maximum absolute atomic E-state index is 13.6. The molecule has 0 fully saturated rings. The van der Waals surface area contributed by atoms with Gasteiger partial charge >= 0.3 is 0 Å². The molecule has 0 aliphatic carbocycles. The summed E-state index contributed by atoms with van der Waals surface area (Å²) in [5.74, 6) is 0.0362. The van der Waals surface area contributed by atoms with Crippen molar-refractivity contribution in [3.63, 3.8) is 0 Å². The lowest BCUT2D eigenvalue weighted by Gasteiger charge is -1.95. The van der Waals surface area contributed by atoms with Crippen molar-refractivity contribution < 1.29 is 8.91 Å². The van der Waals surface area contributed by atoms with E-state index in [-0.39, 0.29) is 17.3 Å². The number of hydrogen-bond donors (Lipinski definition) is 1. The molecule has 19 heavy (non-hydrogen) atoms. The van der Waals surface area contributed by atoms with E-state index < -0.39 is 5.82 Å². The molecule has 0 bridgehead atoms. The lowest BCUT2D eigenvalue weighted by atomic mass is 10.2. The van der Waals surface area contributed by atoms with Crippen LogP contribution in [0.25, 0.3) is 22.8 Å². The quantitative estimate of drug-likeness (QED) is 0.762. The standard InChI is InChI=1S/C13H9FN4O/c14-11-4-2-1-3-10(11)12-17-13(19-18-12)8-5-9(15)7-16-6-8/h1-7H,15H2. The molecule has 6 heteroatoms. The fourth-order valence-corrected chi connectivity index (χ4v) is 1.67. The van der Waals surface area contributed by atoms with Crippen LogP contribution in [0.15, 0.2) is 47.2 Å². The highest BCUT2D eigenvalue weighted by atomic mass is 19.1. The SMILES string of the molecule is Nc1cncc(-c2nc(-c3ccccc3F)no2)c1. The third-order valence-electron chi connectivity index (χ3n) is 2.55. The Bertz CT molecular complexity index is 726. The van der Waals surface area contributed by atoms with Crippen LogP contribution in [-0.2, 0) is 0 Å². The van der Waals surface area contributed by atoms with Crippen molar-refractivity contribution in [3.8, 4) is 22.8 Å². The van der Waals surface area contributed by atoms with Gasteiger partial charge in [-0.1, -0.05) is 17.3 Å². The van der Waals surface area contributed by atoms with E-state index in [9.17, 15) is 4.39 Å². The molecular weight excluding hydrogens is 247 g/mol. The van der Waals surface area contributed by atoms with Gasteiger partial charge < -0.3 is 10.3 Å². The third-order valence-corrected chi connectivity index (χ3v) is 2.55. The van der Waals surface area contributed by atoms with Crippen LogP contribution in [0.2, 0.25) is 0 Å². The molecule has 0 unspecified atom stereocenters. The number of aromatic nitrogens is 3. The Balaban J connectivity index is 2.03. The van der Waals surface area contributed by atoms with Gasteiger partial charge in [-0.05, 0) is 18.2 Å². The molecule has 1 aromatic carbocycles. The average molecular weight is 256 g/mol. The Morgan fingerprint density at radius 1 is 1.16 bits per heavy atom. The van der Waals surface area contributed by atoms with Gasteiger partial charge in [-0.15, -0.1) is 0 Å². The van der Waals surface area contributed by atoms with Gasteiger partial charge in [-0.3, -0.25) is 4.98 Å². The van der Waals surface area contributed by atoms with Crippen LogP contribution in [0.3, 0.4) is 0 Å². The minimum Gasteiger partial charge on any atom is -0.397 e. The van der Waals surface area contributed by atoms with Gasteiger partial charge in [0.25, 0.3) is 5.89 Å². The van der Waals surface area contributed by atoms with Crippen molar-refractivity contribution in [2.24, 2.45) is 0 Å². The normalized spacial score (nSPS) is 10.6. The summed E-state index contributed by atoms with van der Waals surface area (Å²) in [6.45, 7) is 0.